The lowest BCUT2D eigenvalue weighted by molar-refractivity contribution is -0.151. The Labute approximate surface area is 249 Å². The maximum absolute atomic E-state index is 13.2. The number of aliphatic imine (C=N–C) groups is 1. The van der Waals surface area contributed by atoms with Crippen molar-refractivity contribution in [1.29, 1.82) is 0 Å². The summed E-state index contributed by atoms with van der Waals surface area (Å²) in [7, 11) is 1.68. The molecule has 2 unspecified atom stereocenters. The molecule has 4 rings (SSSR count). The van der Waals surface area contributed by atoms with Gasteiger partial charge in [-0.1, -0.05) is 23.7 Å². The number of nitrogens with zero attached hydrogens (tertiary/aromatic N) is 3. The fourth-order valence-electron chi connectivity index (χ4n) is 4.82. The molecule has 3 aromatic rings. The summed E-state index contributed by atoms with van der Waals surface area (Å²) in [6.45, 7) is 5.79. The second-order valence-electron chi connectivity index (χ2n) is 10.4. The Morgan fingerprint density at radius 1 is 1.05 bits per heavy atom. The second-order valence-corrected chi connectivity index (χ2v) is 10.8. The summed E-state index contributed by atoms with van der Waals surface area (Å²) in [5.41, 5.74) is 1.54. The minimum absolute atomic E-state index is 0.202. The lowest BCUT2D eigenvalue weighted by Gasteiger charge is -2.39. The van der Waals surface area contributed by atoms with Crippen LogP contribution in [0.2, 0.25) is 5.02 Å². The molecule has 10 heteroatoms. The van der Waals surface area contributed by atoms with E-state index in [1.807, 2.05) is 6.07 Å². The Balaban J connectivity index is 1.43. The van der Waals surface area contributed by atoms with E-state index < -0.39 is 24.0 Å². The van der Waals surface area contributed by atoms with Gasteiger partial charge in [0.2, 0.25) is 0 Å². The van der Waals surface area contributed by atoms with E-state index in [9.17, 15) is 18.8 Å². The van der Waals surface area contributed by atoms with Gasteiger partial charge in [-0.3, -0.25) is 9.59 Å². The zero-order valence-electron chi connectivity index (χ0n) is 23.9. The van der Waals surface area contributed by atoms with Gasteiger partial charge in [0.15, 0.2) is 0 Å². The molecule has 42 heavy (non-hydrogen) atoms. The quantitative estimate of drug-likeness (QED) is 0.238. The topological polar surface area (TPSA) is 88.5 Å². The van der Waals surface area contributed by atoms with Crippen molar-refractivity contribution in [2.45, 2.75) is 39.3 Å². The van der Waals surface area contributed by atoms with Crippen molar-refractivity contribution in [2.24, 2.45) is 10.9 Å². The Morgan fingerprint density at radius 3 is 2.31 bits per heavy atom. The van der Waals surface area contributed by atoms with Gasteiger partial charge in [0, 0.05) is 36.4 Å². The van der Waals surface area contributed by atoms with Gasteiger partial charge < -0.3 is 19.3 Å². The number of esters is 1. The number of carbonyl (C=O) groups excluding carboxylic acids is 3. The minimum atomic E-state index is -0.793. The predicted octanol–water partition coefficient (Wildman–Crippen LogP) is 6.94. The number of halogens is 2. The smallest absolute Gasteiger partial charge is 0.344 e. The van der Waals surface area contributed by atoms with Crippen LogP contribution in [0.5, 0.6) is 11.5 Å². The summed E-state index contributed by atoms with van der Waals surface area (Å²) < 4.78 is 24.4. The van der Waals surface area contributed by atoms with E-state index in [0.29, 0.717) is 46.3 Å². The number of ether oxygens (including phenoxy) is 2. The molecular weight excluding hydrogens is 561 g/mol. The molecule has 3 amide bonds. The maximum atomic E-state index is 13.2. The van der Waals surface area contributed by atoms with E-state index in [4.69, 9.17) is 21.1 Å². The highest BCUT2D eigenvalue weighted by atomic mass is 35.5. The molecule has 0 saturated heterocycles. The van der Waals surface area contributed by atoms with Crippen LogP contribution >= 0.6 is 11.6 Å². The van der Waals surface area contributed by atoms with E-state index in [1.165, 1.54) is 24.3 Å². The number of hydrogen-bond donors (Lipinski definition) is 0. The Bertz CT molecular complexity index is 1460. The average Bonchev–Trinajstić information content (AvgIpc) is 2.94. The zero-order valence-corrected chi connectivity index (χ0v) is 24.7. The lowest BCUT2D eigenvalue weighted by Crippen LogP contribution is -2.48. The first kappa shape index (κ1) is 30.7. The molecule has 0 saturated carbocycles. The third kappa shape index (κ3) is 7.53. The standard InChI is InChI=1S/C32H33ClFN3O5/c1-20(2)41-31(39)28-21(3)35-32(40)37(29(28)23-7-5-8-24(33)19-23)18-6-17-36(4)30(38)22-9-13-26(14-10-22)42-27-15-11-25(34)12-16-27/h5,7-16,19-20,28-29H,6,17-18H2,1-4H3. The molecule has 3 aromatic carbocycles. The van der Waals surface area contributed by atoms with Gasteiger partial charge in [-0.25, -0.2) is 14.2 Å². The number of amides is 3. The van der Waals surface area contributed by atoms with Gasteiger partial charge in [0.1, 0.15) is 23.2 Å². The molecule has 0 spiro atoms. The molecule has 0 aliphatic carbocycles. The van der Waals surface area contributed by atoms with Crippen LogP contribution < -0.4 is 4.74 Å². The van der Waals surface area contributed by atoms with Crippen LogP contribution in [0.3, 0.4) is 0 Å². The van der Waals surface area contributed by atoms with E-state index in [0.717, 1.165) is 0 Å². The molecule has 0 radical (unpaired) electrons. The molecule has 8 nitrogen and oxygen atoms in total. The van der Waals surface area contributed by atoms with Crippen LogP contribution in [0, 0.1) is 11.7 Å². The molecule has 0 bridgehead atoms. The van der Waals surface area contributed by atoms with Gasteiger partial charge in [-0.05, 0) is 93.4 Å². The van der Waals surface area contributed by atoms with Crippen molar-refractivity contribution in [1.82, 2.24) is 9.80 Å². The molecule has 2 atom stereocenters. The number of hydrogen-bond acceptors (Lipinski definition) is 5. The van der Waals surface area contributed by atoms with Crippen molar-refractivity contribution in [3.05, 3.63) is 94.8 Å². The minimum Gasteiger partial charge on any atom is -0.462 e. The fraction of sp³-hybridized carbons (Fsp3) is 0.312. The number of carbonyl (C=O) groups is 3. The van der Waals surface area contributed by atoms with Gasteiger partial charge in [-0.2, -0.15) is 0 Å². The van der Waals surface area contributed by atoms with Crippen LogP contribution in [0.4, 0.5) is 9.18 Å². The zero-order chi connectivity index (χ0) is 30.4. The second kappa shape index (κ2) is 13.6. The highest BCUT2D eigenvalue weighted by molar-refractivity contribution is 6.30. The van der Waals surface area contributed by atoms with E-state index in [-0.39, 0.29) is 24.4 Å². The summed E-state index contributed by atoms with van der Waals surface area (Å²) in [6.07, 6.45) is 0.108. The highest BCUT2D eigenvalue weighted by Crippen LogP contribution is 2.36. The first-order chi connectivity index (χ1) is 20.0. The van der Waals surface area contributed by atoms with Crippen LogP contribution in [0.1, 0.15) is 49.2 Å². The first-order valence-electron chi connectivity index (χ1n) is 13.6. The SMILES string of the molecule is CC1=NC(=O)N(CCCN(C)C(=O)c2ccc(Oc3ccc(F)cc3)cc2)C(c2cccc(Cl)c2)C1C(=O)OC(C)C. The Kier molecular flexibility index (Phi) is 9.96. The van der Waals surface area contributed by atoms with Crippen LogP contribution in [-0.4, -0.2) is 59.7 Å². The number of benzene rings is 3. The summed E-state index contributed by atoms with van der Waals surface area (Å²) in [6, 6.07) is 18.3. The largest absolute Gasteiger partial charge is 0.462 e. The number of rotatable bonds is 10. The molecule has 1 heterocycles. The summed E-state index contributed by atoms with van der Waals surface area (Å²) in [4.78, 5) is 46.6. The maximum Gasteiger partial charge on any atom is 0.344 e. The molecular formula is C32H33ClFN3O5. The average molecular weight is 594 g/mol. The Hall–Kier alpha value is -4.24. The van der Waals surface area contributed by atoms with Gasteiger partial charge in [-0.15, -0.1) is 0 Å². The molecule has 0 aromatic heterocycles. The van der Waals surface area contributed by atoms with Gasteiger partial charge >= 0.3 is 12.0 Å². The molecule has 0 fully saturated rings. The third-order valence-corrected chi connectivity index (χ3v) is 7.04. The van der Waals surface area contributed by atoms with Crippen molar-refractivity contribution >= 4 is 35.2 Å². The molecule has 1 aliphatic rings. The summed E-state index contributed by atoms with van der Waals surface area (Å²) in [5, 5.41) is 0.482. The lowest BCUT2D eigenvalue weighted by atomic mass is 9.86. The molecule has 220 valence electrons. The van der Waals surface area contributed by atoms with Crippen molar-refractivity contribution in [2.75, 3.05) is 20.1 Å². The van der Waals surface area contributed by atoms with Gasteiger partial charge in [0.05, 0.1) is 12.1 Å². The molecule has 0 N–H and O–H groups in total. The van der Waals surface area contributed by atoms with E-state index in [1.54, 1.807) is 80.1 Å². The van der Waals surface area contributed by atoms with Crippen molar-refractivity contribution in [3.8, 4) is 11.5 Å². The Morgan fingerprint density at radius 2 is 1.69 bits per heavy atom. The highest BCUT2D eigenvalue weighted by Gasteiger charge is 2.43. The summed E-state index contributed by atoms with van der Waals surface area (Å²) >= 11 is 6.28. The van der Waals surface area contributed by atoms with Crippen LogP contribution in [0.15, 0.2) is 77.8 Å². The summed E-state index contributed by atoms with van der Waals surface area (Å²) in [5.74, 6) is -0.821. The fourth-order valence-corrected chi connectivity index (χ4v) is 5.02. The van der Waals surface area contributed by atoms with E-state index in [2.05, 4.69) is 4.99 Å². The van der Waals surface area contributed by atoms with Gasteiger partial charge in [0.25, 0.3) is 5.91 Å². The van der Waals surface area contributed by atoms with Crippen LogP contribution in [0.25, 0.3) is 0 Å². The normalized spacial score (nSPS) is 16.7. The molecule has 1 aliphatic heterocycles. The van der Waals surface area contributed by atoms with E-state index >= 15 is 0 Å². The van der Waals surface area contributed by atoms with Crippen molar-refractivity contribution in [3.63, 3.8) is 0 Å². The van der Waals surface area contributed by atoms with Crippen molar-refractivity contribution < 1.29 is 28.2 Å². The monoisotopic (exact) mass is 593 g/mol. The van der Waals surface area contributed by atoms with Crippen LogP contribution in [-0.2, 0) is 9.53 Å². The first-order valence-corrected chi connectivity index (χ1v) is 14.0. The third-order valence-electron chi connectivity index (χ3n) is 6.81. The number of urea groups is 1. The predicted molar refractivity (Wildman–Crippen MR) is 159 cm³/mol.